The van der Waals surface area contributed by atoms with Crippen molar-refractivity contribution in [1.29, 1.82) is 0 Å². The molecule has 0 aliphatic heterocycles. The minimum absolute atomic E-state index is 0.563. The van der Waals surface area contributed by atoms with Gasteiger partial charge in [-0.1, -0.05) is 18.3 Å². The van der Waals surface area contributed by atoms with E-state index >= 15 is 0 Å². The molecule has 2 unspecified atom stereocenters. The number of anilines is 1. The van der Waals surface area contributed by atoms with Crippen LogP contribution in [0.15, 0.2) is 0 Å². The first kappa shape index (κ1) is 11.2. The molecule has 3 nitrogen and oxygen atoms in total. The van der Waals surface area contributed by atoms with Crippen LogP contribution in [0.25, 0.3) is 0 Å². The Labute approximate surface area is 106 Å². The van der Waals surface area contributed by atoms with Gasteiger partial charge >= 0.3 is 0 Å². The molecule has 2 fully saturated rings. The van der Waals surface area contributed by atoms with Crippen LogP contribution in [0.5, 0.6) is 0 Å². The third-order valence-electron chi connectivity index (χ3n) is 3.85. The normalized spacial score (nSPS) is 26.9. The maximum Gasteiger partial charge on any atom is 0.185 e. The Balaban J connectivity index is 1.75. The van der Waals surface area contributed by atoms with E-state index in [1.54, 1.807) is 11.3 Å². The molecule has 17 heavy (non-hydrogen) atoms. The highest BCUT2D eigenvalue weighted by Gasteiger charge is 2.35. The lowest BCUT2D eigenvalue weighted by atomic mass is 10.3. The van der Waals surface area contributed by atoms with Crippen molar-refractivity contribution in [3.63, 3.8) is 0 Å². The minimum Gasteiger partial charge on any atom is -0.351 e. The van der Waals surface area contributed by atoms with Gasteiger partial charge in [0.05, 0.1) is 10.6 Å². The van der Waals surface area contributed by atoms with E-state index in [0.717, 1.165) is 40.4 Å². The molecule has 1 aromatic heterocycles. The Bertz CT molecular complexity index is 439. The van der Waals surface area contributed by atoms with Gasteiger partial charge in [-0.3, -0.25) is 4.79 Å². The van der Waals surface area contributed by atoms with Gasteiger partial charge in [-0.2, -0.15) is 0 Å². The standard InChI is InChI=1S/C13H18N2OS/c1-8-5-10(8)6-15(2)13-14-12(9-3-4-9)11(7-16)17-13/h7-10H,3-6H2,1-2H3. The Morgan fingerprint density at radius 2 is 2.24 bits per heavy atom. The highest BCUT2D eigenvalue weighted by molar-refractivity contribution is 7.17. The zero-order chi connectivity index (χ0) is 12.0. The number of aromatic nitrogens is 1. The van der Waals surface area contributed by atoms with Crippen LogP contribution >= 0.6 is 11.3 Å². The molecule has 2 aliphatic carbocycles. The van der Waals surface area contributed by atoms with Gasteiger partial charge in [0, 0.05) is 19.5 Å². The minimum atomic E-state index is 0.563. The molecule has 0 amide bonds. The Hall–Kier alpha value is -0.900. The van der Waals surface area contributed by atoms with Crippen LogP contribution in [0.1, 0.15) is 47.5 Å². The number of carbonyl (C=O) groups is 1. The lowest BCUT2D eigenvalue weighted by molar-refractivity contribution is 0.112. The van der Waals surface area contributed by atoms with Crippen molar-refractivity contribution >= 4 is 22.8 Å². The summed E-state index contributed by atoms with van der Waals surface area (Å²) in [7, 11) is 2.09. The van der Waals surface area contributed by atoms with Crippen LogP contribution in [0.4, 0.5) is 5.13 Å². The van der Waals surface area contributed by atoms with Crippen LogP contribution in [-0.4, -0.2) is 24.9 Å². The molecule has 2 saturated carbocycles. The van der Waals surface area contributed by atoms with Gasteiger partial charge in [-0.25, -0.2) is 4.98 Å². The number of thiazole rings is 1. The van der Waals surface area contributed by atoms with Crippen LogP contribution in [-0.2, 0) is 0 Å². The molecule has 92 valence electrons. The number of carbonyl (C=O) groups excluding carboxylic acids is 1. The zero-order valence-electron chi connectivity index (χ0n) is 10.3. The van der Waals surface area contributed by atoms with E-state index in [1.165, 1.54) is 19.3 Å². The number of rotatable bonds is 5. The SMILES string of the molecule is CC1CC1CN(C)c1nc(C2CC2)c(C=O)s1. The number of aldehydes is 1. The molecule has 0 bridgehead atoms. The molecule has 1 heterocycles. The van der Waals surface area contributed by atoms with Crippen molar-refractivity contribution < 1.29 is 4.79 Å². The molecule has 3 rings (SSSR count). The Morgan fingerprint density at radius 1 is 1.53 bits per heavy atom. The van der Waals surface area contributed by atoms with Gasteiger partial charge in [0.2, 0.25) is 0 Å². The van der Waals surface area contributed by atoms with E-state index in [0.29, 0.717) is 5.92 Å². The lowest BCUT2D eigenvalue weighted by Crippen LogP contribution is -2.20. The van der Waals surface area contributed by atoms with E-state index in [2.05, 4.69) is 23.9 Å². The summed E-state index contributed by atoms with van der Waals surface area (Å²) >= 11 is 1.55. The monoisotopic (exact) mass is 250 g/mol. The summed E-state index contributed by atoms with van der Waals surface area (Å²) in [6.07, 6.45) is 4.72. The zero-order valence-corrected chi connectivity index (χ0v) is 11.2. The fourth-order valence-corrected chi connectivity index (χ4v) is 3.25. The second-order valence-electron chi connectivity index (χ2n) is 5.49. The largest absolute Gasteiger partial charge is 0.351 e. The quantitative estimate of drug-likeness (QED) is 0.753. The summed E-state index contributed by atoms with van der Waals surface area (Å²) in [5.41, 5.74) is 1.05. The molecule has 2 atom stereocenters. The predicted molar refractivity (Wildman–Crippen MR) is 70.0 cm³/mol. The van der Waals surface area contributed by atoms with Crippen molar-refractivity contribution in [3.05, 3.63) is 10.6 Å². The summed E-state index contributed by atoms with van der Waals surface area (Å²) in [5.74, 6) is 2.26. The van der Waals surface area contributed by atoms with Crippen molar-refractivity contribution in [2.24, 2.45) is 11.8 Å². The van der Waals surface area contributed by atoms with E-state index in [4.69, 9.17) is 0 Å². The first-order chi connectivity index (χ1) is 8.19. The van der Waals surface area contributed by atoms with E-state index in [1.807, 2.05) is 0 Å². The van der Waals surface area contributed by atoms with E-state index in [-0.39, 0.29) is 0 Å². The van der Waals surface area contributed by atoms with E-state index < -0.39 is 0 Å². The van der Waals surface area contributed by atoms with Crippen molar-refractivity contribution in [2.75, 3.05) is 18.5 Å². The highest BCUT2D eigenvalue weighted by atomic mass is 32.1. The van der Waals surface area contributed by atoms with Gasteiger partial charge < -0.3 is 4.90 Å². The summed E-state index contributed by atoms with van der Waals surface area (Å²) in [4.78, 5) is 18.8. The molecule has 2 aliphatic rings. The third-order valence-corrected chi connectivity index (χ3v) is 4.96. The summed E-state index contributed by atoms with van der Waals surface area (Å²) < 4.78 is 0. The molecule has 0 radical (unpaired) electrons. The second kappa shape index (κ2) is 4.09. The summed E-state index contributed by atoms with van der Waals surface area (Å²) in [6, 6.07) is 0. The average Bonchev–Trinajstić information content (AvgIpc) is 3.21. The predicted octanol–water partition coefficient (Wildman–Crippen LogP) is 2.93. The summed E-state index contributed by atoms with van der Waals surface area (Å²) in [5, 5.41) is 1.02. The molecule has 4 heteroatoms. The van der Waals surface area contributed by atoms with Crippen molar-refractivity contribution in [1.82, 2.24) is 4.98 Å². The topological polar surface area (TPSA) is 33.2 Å². The molecular formula is C13H18N2OS. The number of hydrogen-bond acceptors (Lipinski definition) is 4. The fourth-order valence-electron chi connectivity index (χ4n) is 2.31. The van der Waals surface area contributed by atoms with Gasteiger partial charge in [0.25, 0.3) is 0 Å². The third kappa shape index (κ3) is 2.23. The fraction of sp³-hybridized carbons (Fsp3) is 0.692. The van der Waals surface area contributed by atoms with Crippen LogP contribution in [0.3, 0.4) is 0 Å². The van der Waals surface area contributed by atoms with E-state index in [9.17, 15) is 4.79 Å². The van der Waals surface area contributed by atoms with Crippen LogP contribution in [0.2, 0.25) is 0 Å². The number of nitrogens with zero attached hydrogens (tertiary/aromatic N) is 2. The highest BCUT2D eigenvalue weighted by Crippen LogP contribution is 2.44. The summed E-state index contributed by atoms with van der Waals surface area (Å²) in [6.45, 7) is 3.38. The smallest absolute Gasteiger partial charge is 0.185 e. The lowest BCUT2D eigenvalue weighted by Gasteiger charge is -2.14. The van der Waals surface area contributed by atoms with Crippen molar-refractivity contribution in [2.45, 2.75) is 32.1 Å². The van der Waals surface area contributed by atoms with Gasteiger partial charge in [0.1, 0.15) is 0 Å². The van der Waals surface area contributed by atoms with Gasteiger partial charge in [0.15, 0.2) is 11.4 Å². The maximum absolute atomic E-state index is 11.0. The van der Waals surface area contributed by atoms with Crippen LogP contribution < -0.4 is 4.90 Å². The second-order valence-corrected chi connectivity index (χ2v) is 6.50. The Morgan fingerprint density at radius 3 is 2.76 bits per heavy atom. The molecular weight excluding hydrogens is 232 g/mol. The first-order valence-electron chi connectivity index (χ1n) is 6.36. The molecule has 1 aromatic rings. The van der Waals surface area contributed by atoms with Crippen LogP contribution in [0, 0.1) is 11.8 Å². The molecule has 0 N–H and O–H groups in total. The average molecular weight is 250 g/mol. The molecule has 0 aromatic carbocycles. The van der Waals surface area contributed by atoms with Gasteiger partial charge in [-0.15, -0.1) is 0 Å². The Kier molecular flexibility index (Phi) is 2.69. The van der Waals surface area contributed by atoms with Gasteiger partial charge in [-0.05, 0) is 31.1 Å². The maximum atomic E-state index is 11.0. The van der Waals surface area contributed by atoms with Crippen molar-refractivity contribution in [3.8, 4) is 0 Å². The number of hydrogen-bond donors (Lipinski definition) is 0. The first-order valence-corrected chi connectivity index (χ1v) is 7.17. The molecule has 0 spiro atoms. The molecule has 0 saturated heterocycles.